The predicted molar refractivity (Wildman–Crippen MR) is 90.3 cm³/mol. The van der Waals surface area contributed by atoms with Crippen LogP contribution >= 0.6 is 12.4 Å². The van der Waals surface area contributed by atoms with Gasteiger partial charge in [-0.3, -0.25) is 14.3 Å². The van der Waals surface area contributed by atoms with Crippen molar-refractivity contribution in [2.75, 3.05) is 18.9 Å². The molecule has 0 aliphatic carbocycles. The lowest BCUT2D eigenvalue weighted by Crippen LogP contribution is -2.39. The molecule has 2 aromatic rings. The van der Waals surface area contributed by atoms with Gasteiger partial charge < -0.3 is 16.0 Å². The Morgan fingerprint density at radius 2 is 1.96 bits per heavy atom. The fourth-order valence-electron chi connectivity index (χ4n) is 2.05. The normalized spacial score (nSPS) is 11.3. The number of benzene rings is 1. The summed E-state index contributed by atoms with van der Waals surface area (Å²) >= 11 is 0. The summed E-state index contributed by atoms with van der Waals surface area (Å²) in [7, 11) is 3.40. The molecule has 0 spiro atoms. The van der Waals surface area contributed by atoms with E-state index in [4.69, 9.17) is 0 Å². The third kappa shape index (κ3) is 5.32. The van der Waals surface area contributed by atoms with Crippen LogP contribution in [0.15, 0.2) is 36.7 Å². The zero-order valence-electron chi connectivity index (χ0n) is 13.2. The van der Waals surface area contributed by atoms with Gasteiger partial charge in [-0.15, -0.1) is 12.4 Å². The van der Waals surface area contributed by atoms with Crippen LogP contribution in [-0.4, -0.2) is 35.2 Å². The summed E-state index contributed by atoms with van der Waals surface area (Å²) in [5.41, 5.74) is 1.16. The average Bonchev–Trinajstić information content (AvgIpc) is 2.94. The molecule has 0 saturated heterocycles. The molecule has 0 fully saturated rings. The first kappa shape index (κ1) is 19.6. The Labute approximate surface area is 145 Å². The number of aryl methyl sites for hydroxylation is 1. The van der Waals surface area contributed by atoms with Crippen molar-refractivity contribution in [1.29, 1.82) is 0 Å². The summed E-state index contributed by atoms with van der Waals surface area (Å²) in [6.45, 7) is -0.186. The molecule has 130 valence electrons. The minimum absolute atomic E-state index is 0. The first-order valence-corrected chi connectivity index (χ1v) is 6.98. The number of rotatable bonds is 6. The van der Waals surface area contributed by atoms with Crippen molar-refractivity contribution in [2.45, 2.75) is 6.04 Å². The van der Waals surface area contributed by atoms with Gasteiger partial charge in [0.25, 0.3) is 0 Å². The monoisotopic (exact) mass is 355 g/mol. The van der Waals surface area contributed by atoms with E-state index in [0.717, 1.165) is 0 Å². The first-order valence-electron chi connectivity index (χ1n) is 6.98. The molecular weight excluding hydrogens is 337 g/mol. The van der Waals surface area contributed by atoms with E-state index in [1.807, 2.05) is 0 Å². The Kier molecular flexibility index (Phi) is 7.34. The summed E-state index contributed by atoms with van der Waals surface area (Å²) < 4.78 is 14.4. The maximum absolute atomic E-state index is 12.8. The number of amides is 2. The van der Waals surface area contributed by atoms with Gasteiger partial charge in [0.2, 0.25) is 11.8 Å². The Hall–Kier alpha value is -2.45. The second kappa shape index (κ2) is 8.99. The molecule has 1 aromatic carbocycles. The van der Waals surface area contributed by atoms with E-state index in [1.165, 1.54) is 24.3 Å². The quantitative estimate of drug-likeness (QED) is 0.721. The van der Waals surface area contributed by atoms with Crippen LogP contribution in [0.3, 0.4) is 0 Å². The van der Waals surface area contributed by atoms with Crippen LogP contribution < -0.4 is 16.0 Å². The standard InChI is InChI=1S/C15H18FN5O2.ClH/c1-17-14(10-7-19-21(2)9-10)15(23)18-8-13(22)20-12-5-3-11(16)4-6-12;/h3-7,9,14,17H,8H2,1-2H3,(H,18,23)(H,20,22);1H. The molecule has 2 rings (SSSR count). The number of anilines is 1. The predicted octanol–water partition coefficient (Wildman–Crippen LogP) is 0.996. The third-order valence-corrected chi connectivity index (χ3v) is 3.16. The van der Waals surface area contributed by atoms with Crippen molar-refractivity contribution in [3.05, 3.63) is 48.0 Å². The van der Waals surface area contributed by atoms with E-state index in [0.29, 0.717) is 11.3 Å². The minimum atomic E-state index is -0.595. The van der Waals surface area contributed by atoms with E-state index in [-0.39, 0.29) is 30.7 Å². The number of nitrogens with one attached hydrogen (secondary N) is 3. The van der Waals surface area contributed by atoms with Crippen LogP contribution in [0.25, 0.3) is 0 Å². The van der Waals surface area contributed by atoms with Crippen LogP contribution in [0.5, 0.6) is 0 Å². The van der Waals surface area contributed by atoms with Crippen molar-refractivity contribution in [3.63, 3.8) is 0 Å². The Morgan fingerprint density at radius 3 is 2.50 bits per heavy atom. The summed E-state index contributed by atoms with van der Waals surface area (Å²) in [5, 5.41) is 12.0. The number of aromatic nitrogens is 2. The Morgan fingerprint density at radius 1 is 1.29 bits per heavy atom. The Bertz CT molecular complexity index is 689. The fraction of sp³-hybridized carbons (Fsp3) is 0.267. The number of hydrogen-bond acceptors (Lipinski definition) is 4. The third-order valence-electron chi connectivity index (χ3n) is 3.16. The van der Waals surface area contributed by atoms with E-state index >= 15 is 0 Å². The summed E-state index contributed by atoms with van der Waals surface area (Å²) in [6, 6.07) is 4.78. The van der Waals surface area contributed by atoms with Gasteiger partial charge >= 0.3 is 0 Å². The van der Waals surface area contributed by atoms with Gasteiger partial charge in [-0.1, -0.05) is 0 Å². The molecule has 24 heavy (non-hydrogen) atoms. The summed E-state index contributed by atoms with van der Waals surface area (Å²) in [6.07, 6.45) is 3.30. The number of hydrogen-bond donors (Lipinski definition) is 3. The number of halogens is 2. The maximum atomic E-state index is 12.8. The molecule has 0 aliphatic heterocycles. The molecule has 1 unspecified atom stereocenters. The number of carbonyl (C=O) groups is 2. The molecule has 0 bridgehead atoms. The van der Waals surface area contributed by atoms with Gasteiger partial charge in [0.15, 0.2) is 0 Å². The van der Waals surface area contributed by atoms with Gasteiger partial charge in [0.1, 0.15) is 11.9 Å². The average molecular weight is 356 g/mol. The highest BCUT2D eigenvalue weighted by molar-refractivity contribution is 5.95. The molecular formula is C15H19ClFN5O2. The van der Waals surface area contributed by atoms with E-state index in [1.54, 1.807) is 31.2 Å². The van der Waals surface area contributed by atoms with Crippen molar-refractivity contribution >= 4 is 29.9 Å². The topological polar surface area (TPSA) is 88.1 Å². The van der Waals surface area contributed by atoms with E-state index in [9.17, 15) is 14.0 Å². The smallest absolute Gasteiger partial charge is 0.243 e. The van der Waals surface area contributed by atoms with Gasteiger partial charge in [-0.2, -0.15) is 5.10 Å². The van der Waals surface area contributed by atoms with Crippen molar-refractivity contribution in [2.24, 2.45) is 7.05 Å². The lowest BCUT2D eigenvalue weighted by Gasteiger charge is -2.14. The van der Waals surface area contributed by atoms with E-state index in [2.05, 4.69) is 21.0 Å². The van der Waals surface area contributed by atoms with Crippen LogP contribution in [0.1, 0.15) is 11.6 Å². The van der Waals surface area contributed by atoms with Crippen molar-refractivity contribution < 1.29 is 14.0 Å². The summed E-state index contributed by atoms with van der Waals surface area (Å²) in [4.78, 5) is 23.9. The number of nitrogens with zero attached hydrogens (tertiary/aromatic N) is 2. The molecule has 7 nitrogen and oxygen atoms in total. The van der Waals surface area contributed by atoms with Gasteiger partial charge in [-0.05, 0) is 31.3 Å². The molecule has 1 heterocycles. The molecule has 0 aliphatic rings. The SMILES string of the molecule is CNC(C(=O)NCC(=O)Nc1ccc(F)cc1)c1cnn(C)c1.Cl. The number of likely N-dealkylation sites (N-methyl/N-ethyl adjacent to an activating group) is 1. The zero-order valence-corrected chi connectivity index (χ0v) is 14.1. The second-order valence-corrected chi connectivity index (χ2v) is 4.94. The fourth-order valence-corrected chi connectivity index (χ4v) is 2.05. The van der Waals surface area contributed by atoms with Gasteiger partial charge in [-0.25, -0.2) is 4.39 Å². The van der Waals surface area contributed by atoms with Crippen LogP contribution in [0.4, 0.5) is 10.1 Å². The molecule has 1 aromatic heterocycles. The lowest BCUT2D eigenvalue weighted by atomic mass is 10.1. The lowest BCUT2D eigenvalue weighted by molar-refractivity contribution is -0.125. The van der Waals surface area contributed by atoms with Crippen molar-refractivity contribution in [1.82, 2.24) is 20.4 Å². The highest BCUT2D eigenvalue weighted by Gasteiger charge is 2.20. The molecule has 2 amide bonds. The molecule has 0 radical (unpaired) electrons. The summed E-state index contributed by atoms with van der Waals surface area (Å²) in [5.74, 6) is -1.12. The maximum Gasteiger partial charge on any atom is 0.243 e. The largest absolute Gasteiger partial charge is 0.345 e. The van der Waals surface area contributed by atoms with Crippen LogP contribution in [-0.2, 0) is 16.6 Å². The van der Waals surface area contributed by atoms with Crippen molar-refractivity contribution in [3.8, 4) is 0 Å². The molecule has 0 saturated carbocycles. The molecule has 1 atom stereocenters. The minimum Gasteiger partial charge on any atom is -0.345 e. The zero-order chi connectivity index (χ0) is 16.8. The number of carbonyl (C=O) groups excluding carboxylic acids is 2. The highest BCUT2D eigenvalue weighted by atomic mass is 35.5. The van der Waals surface area contributed by atoms with Crippen LogP contribution in [0.2, 0.25) is 0 Å². The Balaban J connectivity index is 0.00000288. The molecule has 3 N–H and O–H groups in total. The first-order chi connectivity index (χ1) is 11.0. The van der Waals surface area contributed by atoms with Crippen LogP contribution in [0, 0.1) is 5.82 Å². The second-order valence-electron chi connectivity index (χ2n) is 4.94. The van der Waals surface area contributed by atoms with E-state index < -0.39 is 11.9 Å². The van der Waals surface area contributed by atoms with Gasteiger partial charge in [0.05, 0.1) is 12.7 Å². The van der Waals surface area contributed by atoms with Gasteiger partial charge in [0, 0.05) is 24.5 Å². The highest BCUT2D eigenvalue weighted by Crippen LogP contribution is 2.11. The molecule has 9 heteroatoms.